The van der Waals surface area contributed by atoms with E-state index in [9.17, 15) is 9.18 Å². The number of hydrogen-bond donors (Lipinski definition) is 1. The minimum Gasteiger partial charge on any atom is -0.508 e. The summed E-state index contributed by atoms with van der Waals surface area (Å²) in [5.41, 5.74) is -0.0155. The molecule has 0 aliphatic carbocycles. The Hall–Kier alpha value is -1.23. The summed E-state index contributed by atoms with van der Waals surface area (Å²) < 4.78 is 13.5. The molecule has 5 heteroatoms. The van der Waals surface area contributed by atoms with Gasteiger partial charge in [0.2, 0.25) is 0 Å². The quantitative estimate of drug-likeness (QED) is 0.900. The van der Waals surface area contributed by atoms with Gasteiger partial charge in [-0.2, -0.15) is 11.8 Å². The number of phenolic OH excluding ortho intramolecular Hbond substituents is 1. The van der Waals surface area contributed by atoms with E-state index in [1.807, 2.05) is 13.2 Å². The van der Waals surface area contributed by atoms with Crippen molar-refractivity contribution in [2.75, 3.05) is 19.1 Å². The molecule has 0 aliphatic heterocycles. The maximum Gasteiger partial charge on any atom is 0.256 e. The van der Waals surface area contributed by atoms with Gasteiger partial charge in [0.25, 0.3) is 5.91 Å². The highest BCUT2D eigenvalue weighted by Gasteiger charge is 2.20. The molecular weight excluding hydrogens is 241 g/mol. The van der Waals surface area contributed by atoms with Crippen molar-refractivity contribution in [2.45, 2.75) is 13.0 Å². The van der Waals surface area contributed by atoms with Gasteiger partial charge in [0, 0.05) is 24.9 Å². The number of amides is 1. The van der Waals surface area contributed by atoms with Gasteiger partial charge in [-0.15, -0.1) is 0 Å². The highest BCUT2D eigenvalue weighted by Crippen LogP contribution is 2.17. The lowest BCUT2D eigenvalue weighted by Crippen LogP contribution is -2.37. The number of benzene rings is 1. The van der Waals surface area contributed by atoms with Gasteiger partial charge in [-0.3, -0.25) is 4.79 Å². The zero-order valence-electron chi connectivity index (χ0n) is 10.1. The number of nitrogens with zero attached hydrogens (tertiary/aromatic N) is 1. The van der Waals surface area contributed by atoms with E-state index in [2.05, 4.69) is 0 Å². The van der Waals surface area contributed by atoms with Crippen LogP contribution in [0.4, 0.5) is 4.39 Å². The lowest BCUT2D eigenvalue weighted by atomic mass is 10.1. The van der Waals surface area contributed by atoms with E-state index in [0.29, 0.717) is 0 Å². The van der Waals surface area contributed by atoms with Gasteiger partial charge < -0.3 is 10.0 Å². The molecule has 1 amide bonds. The highest BCUT2D eigenvalue weighted by atomic mass is 32.2. The van der Waals surface area contributed by atoms with E-state index in [1.165, 1.54) is 17.0 Å². The molecule has 17 heavy (non-hydrogen) atoms. The fraction of sp³-hybridized carbons (Fsp3) is 0.417. The SMILES string of the molecule is CSCC(C)N(C)C(=O)c1ccc(O)cc1F. The predicted molar refractivity (Wildman–Crippen MR) is 68.0 cm³/mol. The van der Waals surface area contributed by atoms with Crippen LogP contribution in [0.3, 0.4) is 0 Å². The first-order valence-electron chi connectivity index (χ1n) is 5.22. The van der Waals surface area contributed by atoms with Crippen LogP contribution in [0.15, 0.2) is 18.2 Å². The molecular formula is C12H16FNO2S. The second kappa shape index (κ2) is 5.91. The molecule has 0 spiro atoms. The number of hydrogen-bond acceptors (Lipinski definition) is 3. The minimum atomic E-state index is -0.696. The summed E-state index contributed by atoms with van der Waals surface area (Å²) in [5.74, 6) is -0.455. The van der Waals surface area contributed by atoms with Crippen LogP contribution in [-0.4, -0.2) is 41.0 Å². The first-order chi connectivity index (χ1) is 7.97. The summed E-state index contributed by atoms with van der Waals surface area (Å²) >= 11 is 1.63. The van der Waals surface area contributed by atoms with Crippen molar-refractivity contribution in [1.29, 1.82) is 0 Å². The van der Waals surface area contributed by atoms with Crippen molar-refractivity contribution in [2.24, 2.45) is 0 Å². The van der Waals surface area contributed by atoms with Crippen LogP contribution in [-0.2, 0) is 0 Å². The molecule has 0 saturated heterocycles. The van der Waals surface area contributed by atoms with Crippen molar-refractivity contribution < 1.29 is 14.3 Å². The maximum absolute atomic E-state index is 13.5. The van der Waals surface area contributed by atoms with Gasteiger partial charge in [0.05, 0.1) is 5.56 Å². The minimum absolute atomic E-state index is 0.0155. The fourth-order valence-electron chi connectivity index (χ4n) is 1.42. The molecule has 1 N–H and O–H groups in total. The second-order valence-electron chi connectivity index (χ2n) is 3.88. The standard InChI is InChI=1S/C12H16FNO2S/c1-8(7-17-3)14(2)12(16)10-5-4-9(15)6-11(10)13/h4-6,8,15H,7H2,1-3H3. The summed E-state index contributed by atoms with van der Waals surface area (Å²) in [6.45, 7) is 1.91. The molecule has 0 aromatic heterocycles. The normalized spacial score (nSPS) is 12.2. The van der Waals surface area contributed by atoms with Crippen molar-refractivity contribution in [3.63, 3.8) is 0 Å². The molecule has 0 heterocycles. The van der Waals surface area contributed by atoms with Crippen LogP contribution < -0.4 is 0 Å². The molecule has 1 aromatic carbocycles. The van der Waals surface area contributed by atoms with Crippen LogP contribution in [0.5, 0.6) is 5.75 Å². The zero-order valence-corrected chi connectivity index (χ0v) is 10.9. The second-order valence-corrected chi connectivity index (χ2v) is 4.80. The molecule has 1 atom stereocenters. The van der Waals surface area contributed by atoms with Crippen molar-refractivity contribution in [3.05, 3.63) is 29.6 Å². The van der Waals surface area contributed by atoms with E-state index in [1.54, 1.807) is 18.8 Å². The van der Waals surface area contributed by atoms with Crippen molar-refractivity contribution >= 4 is 17.7 Å². The van der Waals surface area contributed by atoms with E-state index >= 15 is 0 Å². The molecule has 1 rings (SSSR count). The van der Waals surface area contributed by atoms with Gasteiger partial charge in [-0.05, 0) is 25.3 Å². The largest absolute Gasteiger partial charge is 0.508 e. The topological polar surface area (TPSA) is 40.5 Å². The molecule has 0 aliphatic rings. The molecule has 94 valence electrons. The molecule has 1 aromatic rings. The first-order valence-corrected chi connectivity index (χ1v) is 6.61. The van der Waals surface area contributed by atoms with Crippen LogP contribution >= 0.6 is 11.8 Å². The Morgan fingerprint density at radius 3 is 2.76 bits per heavy atom. The Labute approximate surface area is 105 Å². The molecule has 0 bridgehead atoms. The van der Waals surface area contributed by atoms with E-state index < -0.39 is 5.82 Å². The third-order valence-corrected chi connectivity index (χ3v) is 3.39. The Balaban J connectivity index is 2.88. The van der Waals surface area contributed by atoms with E-state index in [0.717, 1.165) is 11.8 Å². The average Bonchev–Trinajstić information content (AvgIpc) is 2.27. The van der Waals surface area contributed by atoms with Gasteiger partial charge in [-0.25, -0.2) is 4.39 Å². The number of carbonyl (C=O) groups excluding carboxylic acids is 1. The van der Waals surface area contributed by atoms with Crippen molar-refractivity contribution in [1.82, 2.24) is 4.90 Å². The lowest BCUT2D eigenvalue weighted by molar-refractivity contribution is 0.0753. The Morgan fingerprint density at radius 2 is 2.24 bits per heavy atom. The Kier molecular flexibility index (Phi) is 4.81. The number of rotatable bonds is 4. The van der Waals surface area contributed by atoms with Gasteiger partial charge in [-0.1, -0.05) is 0 Å². The Bertz CT molecular complexity index is 411. The number of phenols is 1. The predicted octanol–water partition coefficient (Wildman–Crippen LogP) is 2.35. The van der Waals surface area contributed by atoms with Gasteiger partial charge in [0.15, 0.2) is 0 Å². The third-order valence-electron chi connectivity index (χ3n) is 2.57. The summed E-state index contributed by atoms with van der Waals surface area (Å²) in [7, 11) is 1.65. The maximum atomic E-state index is 13.5. The first kappa shape index (κ1) is 13.8. The molecule has 0 radical (unpaired) electrons. The fourth-order valence-corrected chi connectivity index (χ4v) is 2.13. The average molecular weight is 257 g/mol. The summed E-state index contributed by atoms with van der Waals surface area (Å²) in [6.07, 6.45) is 1.95. The summed E-state index contributed by atoms with van der Waals surface area (Å²) in [4.78, 5) is 13.5. The van der Waals surface area contributed by atoms with Gasteiger partial charge >= 0.3 is 0 Å². The number of aromatic hydroxyl groups is 1. The van der Waals surface area contributed by atoms with Gasteiger partial charge in [0.1, 0.15) is 11.6 Å². The van der Waals surface area contributed by atoms with E-state index in [4.69, 9.17) is 5.11 Å². The zero-order chi connectivity index (χ0) is 13.0. The summed E-state index contributed by atoms with van der Waals surface area (Å²) in [6, 6.07) is 3.59. The number of carbonyl (C=O) groups is 1. The van der Waals surface area contributed by atoms with Crippen LogP contribution in [0.1, 0.15) is 17.3 Å². The Morgan fingerprint density at radius 1 is 1.59 bits per heavy atom. The lowest BCUT2D eigenvalue weighted by Gasteiger charge is -2.24. The molecule has 0 saturated carbocycles. The monoisotopic (exact) mass is 257 g/mol. The molecule has 3 nitrogen and oxygen atoms in total. The number of halogens is 1. The highest BCUT2D eigenvalue weighted by molar-refractivity contribution is 7.98. The smallest absolute Gasteiger partial charge is 0.256 e. The van der Waals surface area contributed by atoms with E-state index in [-0.39, 0.29) is 23.3 Å². The van der Waals surface area contributed by atoms with Crippen LogP contribution in [0.2, 0.25) is 0 Å². The van der Waals surface area contributed by atoms with Crippen LogP contribution in [0.25, 0.3) is 0 Å². The molecule has 1 unspecified atom stereocenters. The van der Waals surface area contributed by atoms with Crippen molar-refractivity contribution in [3.8, 4) is 5.75 Å². The van der Waals surface area contributed by atoms with Crippen LogP contribution in [0, 0.1) is 5.82 Å². The molecule has 0 fully saturated rings. The third kappa shape index (κ3) is 3.36. The number of thioether (sulfide) groups is 1. The summed E-state index contributed by atoms with van der Waals surface area (Å²) in [5, 5.41) is 9.08.